The number of nitrogens with two attached hydrogens (primary N) is 1. The van der Waals surface area contributed by atoms with E-state index in [9.17, 15) is 8.42 Å². The Labute approximate surface area is 97.8 Å². The Morgan fingerprint density at radius 1 is 1.25 bits per heavy atom. The molecule has 0 aromatic heterocycles. The van der Waals surface area contributed by atoms with Gasteiger partial charge in [0.05, 0.1) is 5.75 Å². The van der Waals surface area contributed by atoms with Crippen LogP contribution in [-0.2, 0) is 14.8 Å². The van der Waals surface area contributed by atoms with E-state index in [4.69, 9.17) is 10.5 Å². The van der Waals surface area contributed by atoms with Crippen LogP contribution in [0, 0.1) is 5.92 Å². The van der Waals surface area contributed by atoms with E-state index in [0.29, 0.717) is 25.4 Å². The quantitative estimate of drug-likeness (QED) is 0.627. The molecule has 0 saturated carbocycles. The maximum absolute atomic E-state index is 11.6. The molecule has 1 aliphatic heterocycles. The van der Waals surface area contributed by atoms with Gasteiger partial charge in [0.25, 0.3) is 0 Å². The Morgan fingerprint density at radius 3 is 2.56 bits per heavy atom. The van der Waals surface area contributed by atoms with E-state index < -0.39 is 10.0 Å². The predicted octanol–water partition coefficient (Wildman–Crippen LogP) is 0.0713. The van der Waals surface area contributed by atoms with Crippen molar-refractivity contribution in [1.29, 1.82) is 0 Å². The van der Waals surface area contributed by atoms with Gasteiger partial charge in [0.1, 0.15) is 0 Å². The molecule has 1 saturated heterocycles. The lowest BCUT2D eigenvalue weighted by atomic mass is 10.0. The monoisotopic (exact) mass is 250 g/mol. The highest BCUT2D eigenvalue weighted by Crippen LogP contribution is 2.13. The zero-order chi connectivity index (χ0) is 11.9. The molecule has 1 aliphatic rings. The van der Waals surface area contributed by atoms with Crippen LogP contribution in [0.25, 0.3) is 0 Å². The first kappa shape index (κ1) is 13.9. The number of rotatable bonds is 7. The van der Waals surface area contributed by atoms with Crippen molar-refractivity contribution in [1.82, 2.24) is 4.72 Å². The molecular weight excluding hydrogens is 228 g/mol. The summed E-state index contributed by atoms with van der Waals surface area (Å²) in [5.74, 6) is 0.617. The van der Waals surface area contributed by atoms with Crippen LogP contribution in [0.5, 0.6) is 0 Å². The zero-order valence-electron chi connectivity index (χ0n) is 9.65. The van der Waals surface area contributed by atoms with Crippen molar-refractivity contribution in [2.75, 3.05) is 32.1 Å². The first-order valence-electron chi connectivity index (χ1n) is 5.89. The minimum atomic E-state index is -3.10. The molecule has 96 valence electrons. The van der Waals surface area contributed by atoms with Gasteiger partial charge in [-0.2, -0.15) is 0 Å². The van der Waals surface area contributed by atoms with Crippen LogP contribution in [-0.4, -0.2) is 40.5 Å². The van der Waals surface area contributed by atoms with Gasteiger partial charge in [0.2, 0.25) is 10.0 Å². The predicted molar refractivity (Wildman–Crippen MR) is 63.6 cm³/mol. The molecular formula is C10H22N2O3S. The molecule has 1 fully saturated rings. The summed E-state index contributed by atoms with van der Waals surface area (Å²) < 4.78 is 31.0. The molecule has 16 heavy (non-hydrogen) atoms. The number of sulfonamides is 1. The number of unbranched alkanes of at least 4 members (excludes halogenated alkanes) is 1. The van der Waals surface area contributed by atoms with Gasteiger partial charge in [-0.15, -0.1) is 0 Å². The standard InChI is InChI=1S/C10H22N2O3S/c11-5-1-2-8-16(13,14)12-9-10-3-6-15-7-4-10/h10,12H,1-9,11H2. The van der Waals surface area contributed by atoms with Gasteiger partial charge in [-0.25, -0.2) is 13.1 Å². The number of ether oxygens (including phenoxy) is 1. The summed E-state index contributed by atoms with van der Waals surface area (Å²) in [6.45, 7) is 2.60. The second-order valence-electron chi connectivity index (χ2n) is 4.22. The Bertz CT molecular complexity index is 274. The number of hydrogen-bond acceptors (Lipinski definition) is 4. The van der Waals surface area contributed by atoms with Crippen LogP contribution >= 0.6 is 0 Å². The van der Waals surface area contributed by atoms with E-state index in [-0.39, 0.29) is 5.75 Å². The molecule has 0 aromatic carbocycles. The summed E-state index contributed by atoms with van der Waals surface area (Å²) >= 11 is 0. The van der Waals surface area contributed by atoms with Crippen LogP contribution in [0.2, 0.25) is 0 Å². The van der Waals surface area contributed by atoms with E-state index in [0.717, 1.165) is 32.5 Å². The largest absolute Gasteiger partial charge is 0.381 e. The molecule has 5 nitrogen and oxygen atoms in total. The maximum atomic E-state index is 11.6. The first-order valence-corrected chi connectivity index (χ1v) is 7.54. The van der Waals surface area contributed by atoms with Crippen molar-refractivity contribution >= 4 is 10.0 Å². The van der Waals surface area contributed by atoms with E-state index in [1.807, 2.05) is 0 Å². The normalized spacial score (nSPS) is 18.8. The molecule has 3 N–H and O–H groups in total. The molecule has 1 rings (SSSR count). The van der Waals surface area contributed by atoms with Gasteiger partial charge in [0, 0.05) is 19.8 Å². The summed E-state index contributed by atoms with van der Waals surface area (Å²) in [7, 11) is -3.10. The summed E-state index contributed by atoms with van der Waals surface area (Å²) in [6.07, 6.45) is 3.30. The van der Waals surface area contributed by atoms with E-state index in [2.05, 4.69) is 4.72 Å². The van der Waals surface area contributed by atoms with Crippen molar-refractivity contribution < 1.29 is 13.2 Å². The number of nitrogens with one attached hydrogen (secondary N) is 1. The fourth-order valence-corrected chi connectivity index (χ4v) is 2.92. The fourth-order valence-electron chi connectivity index (χ4n) is 1.70. The van der Waals surface area contributed by atoms with E-state index in [1.165, 1.54) is 0 Å². The highest BCUT2D eigenvalue weighted by atomic mass is 32.2. The van der Waals surface area contributed by atoms with Crippen molar-refractivity contribution in [3.8, 4) is 0 Å². The molecule has 0 spiro atoms. The summed E-state index contributed by atoms with van der Waals surface area (Å²) in [6, 6.07) is 0. The summed E-state index contributed by atoms with van der Waals surface area (Å²) in [5.41, 5.74) is 5.32. The van der Waals surface area contributed by atoms with Crippen molar-refractivity contribution in [2.45, 2.75) is 25.7 Å². The maximum Gasteiger partial charge on any atom is 0.211 e. The van der Waals surface area contributed by atoms with Crippen LogP contribution in [0.1, 0.15) is 25.7 Å². The second kappa shape index (κ2) is 7.21. The highest BCUT2D eigenvalue weighted by molar-refractivity contribution is 7.89. The summed E-state index contributed by atoms with van der Waals surface area (Å²) in [5, 5.41) is 0. The summed E-state index contributed by atoms with van der Waals surface area (Å²) in [4.78, 5) is 0. The van der Waals surface area contributed by atoms with Gasteiger partial charge in [-0.1, -0.05) is 0 Å². The molecule has 0 atom stereocenters. The number of hydrogen-bond donors (Lipinski definition) is 2. The Hall–Kier alpha value is -0.170. The minimum Gasteiger partial charge on any atom is -0.381 e. The Balaban J connectivity index is 2.18. The van der Waals surface area contributed by atoms with Crippen molar-refractivity contribution in [2.24, 2.45) is 11.7 Å². The second-order valence-corrected chi connectivity index (χ2v) is 6.15. The van der Waals surface area contributed by atoms with E-state index >= 15 is 0 Å². The average Bonchev–Trinajstić information content (AvgIpc) is 2.28. The van der Waals surface area contributed by atoms with Crippen LogP contribution in [0.15, 0.2) is 0 Å². The molecule has 0 aliphatic carbocycles. The third-order valence-corrected chi connectivity index (χ3v) is 4.23. The minimum absolute atomic E-state index is 0.188. The lowest BCUT2D eigenvalue weighted by molar-refractivity contribution is 0.0678. The first-order chi connectivity index (χ1) is 7.64. The Kier molecular flexibility index (Phi) is 6.26. The van der Waals surface area contributed by atoms with E-state index in [1.54, 1.807) is 0 Å². The van der Waals surface area contributed by atoms with Gasteiger partial charge < -0.3 is 10.5 Å². The van der Waals surface area contributed by atoms with Crippen LogP contribution in [0.4, 0.5) is 0 Å². The molecule has 6 heteroatoms. The van der Waals surface area contributed by atoms with Crippen molar-refractivity contribution in [3.05, 3.63) is 0 Å². The lowest BCUT2D eigenvalue weighted by Crippen LogP contribution is -2.33. The topological polar surface area (TPSA) is 81.4 Å². The third-order valence-electron chi connectivity index (χ3n) is 2.80. The Morgan fingerprint density at radius 2 is 1.94 bits per heavy atom. The van der Waals surface area contributed by atoms with Gasteiger partial charge in [-0.05, 0) is 38.1 Å². The van der Waals surface area contributed by atoms with Gasteiger partial charge in [0.15, 0.2) is 0 Å². The molecule has 0 radical (unpaired) electrons. The SMILES string of the molecule is NCCCCS(=O)(=O)NCC1CCOCC1. The average molecular weight is 250 g/mol. The van der Waals surface area contributed by atoms with Gasteiger partial charge in [-0.3, -0.25) is 0 Å². The zero-order valence-corrected chi connectivity index (χ0v) is 10.5. The molecule has 0 amide bonds. The van der Waals surface area contributed by atoms with Crippen LogP contribution in [0.3, 0.4) is 0 Å². The molecule has 0 aromatic rings. The molecule has 0 unspecified atom stereocenters. The molecule has 0 bridgehead atoms. The van der Waals surface area contributed by atoms with Crippen LogP contribution < -0.4 is 10.5 Å². The van der Waals surface area contributed by atoms with Gasteiger partial charge >= 0.3 is 0 Å². The smallest absolute Gasteiger partial charge is 0.211 e. The fraction of sp³-hybridized carbons (Fsp3) is 1.00. The molecule has 1 heterocycles. The highest BCUT2D eigenvalue weighted by Gasteiger charge is 2.16. The third kappa shape index (κ3) is 5.79. The lowest BCUT2D eigenvalue weighted by Gasteiger charge is -2.22. The van der Waals surface area contributed by atoms with Crippen molar-refractivity contribution in [3.63, 3.8) is 0 Å².